The van der Waals surface area contributed by atoms with Crippen molar-refractivity contribution >= 4 is 35.0 Å². The van der Waals surface area contributed by atoms with Crippen LogP contribution in [0.4, 0.5) is 36.9 Å². The number of benzene rings is 2. The number of nitrogens with one attached hydrogen (secondary N) is 1. The summed E-state index contributed by atoms with van der Waals surface area (Å²) in [6.45, 7) is 1.96. The van der Waals surface area contributed by atoms with E-state index in [-0.39, 0.29) is 30.3 Å². The van der Waals surface area contributed by atoms with Gasteiger partial charge in [0.1, 0.15) is 23.1 Å². The lowest BCUT2D eigenvalue weighted by Crippen LogP contribution is -2.54. The van der Waals surface area contributed by atoms with E-state index in [0.29, 0.717) is 54.3 Å². The summed E-state index contributed by atoms with van der Waals surface area (Å²) in [6.07, 6.45) is 3.06. The Bertz CT molecular complexity index is 1440. The van der Waals surface area contributed by atoms with Gasteiger partial charge in [-0.15, -0.1) is 0 Å². The lowest BCUT2D eigenvalue weighted by molar-refractivity contribution is 0.184. The number of urea groups is 1. The molecular weight excluding hydrogens is 529 g/mol. The molecule has 1 fully saturated rings. The SMILES string of the molecule is COc1ccc(N(C)c2cc3c(cn2)CN(c2c(C)cccc2F)C(=O)N3C2CCC(NC(=O)O)CC2)c(OC)c1. The van der Waals surface area contributed by atoms with Gasteiger partial charge >= 0.3 is 12.1 Å². The Balaban J connectivity index is 1.54. The Labute approximate surface area is 238 Å². The van der Waals surface area contributed by atoms with Crippen LogP contribution in [0.3, 0.4) is 0 Å². The van der Waals surface area contributed by atoms with Crippen molar-refractivity contribution in [2.45, 2.75) is 51.2 Å². The summed E-state index contributed by atoms with van der Waals surface area (Å²) in [5.41, 5.74) is 3.17. The van der Waals surface area contributed by atoms with Crippen molar-refractivity contribution in [1.29, 1.82) is 0 Å². The van der Waals surface area contributed by atoms with E-state index >= 15 is 4.39 Å². The molecule has 2 heterocycles. The summed E-state index contributed by atoms with van der Waals surface area (Å²) >= 11 is 0. The van der Waals surface area contributed by atoms with Crippen molar-refractivity contribution in [1.82, 2.24) is 10.3 Å². The van der Waals surface area contributed by atoms with Crippen LogP contribution in [0.5, 0.6) is 11.5 Å². The van der Waals surface area contributed by atoms with Crippen LogP contribution in [0, 0.1) is 12.7 Å². The number of hydrogen-bond acceptors (Lipinski definition) is 6. The number of rotatable bonds is 7. The molecule has 2 aliphatic rings. The third-order valence-corrected chi connectivity index (χ3v) is 7.91. The monoisotopic (exact) mass is 563 g/mol. The molecule has 1 aromatic heterocycles. The van der Waals surface area contributed by atoms with Crippen LogP contribution in [0.1, 0.15) is 36.8 Å². The van der Waals surface area contributed by atoms with Crippen LogP contribution >= 0.6 is 0 Å². The second-order valence-corrected chi connectivity index (χ2v) is 10.4. The number of carbonyl (C=O) groups is 2. The summed E-state index contributed by atoms with van der Waals surface area (Å²) in [5, 5.41) is 11.7. The van der Waals surface area contributed by atoms with E-state index in [1.807, 2.05) is 30.1 Å². The van der Waals surface area contributed by atoms with Crippen molar-refractivity contribution in [3.63, 3.8) is 0 Å². The highest BCUT2D eigenvalue weighted by molar-refractivity contribution is 6.07. The quantitative estimate of drug-likeness (QED) is 0.372. The largest absolute Gasteiger partial charge is 0.497 e. The minimum Gasteiger partial charge on any atom is -0.497 e. The van der Waals surface area contributed by atoms with E-state index in [0.717, 1.165) is 11.3 Å². The van der Waals surface area contributed by atoms with E-state index in [4.69, 9.17) is 19.6 Å². The molecule has 2 N–H and O–H groups in total. The number of ether oxygens (including phenoxy) is 2. The molecule has 3 amide bonds. The highest BCUT2D eigenvalue weighted by Crippen LogP contribution is 2.41. The Morgan fingerprint density at radius 3 is 2.54 bits per heavy atom. The van der Waals surface area contributed by atoms with Gasteiger partial charge in [-0.25, -0.2) is 19.0 Å². The molecule has 5 rings (SSSR count). The van der Waals surface area contributed by atoms with Crippen molar-refractivity contribution < 1.29 is 28.6 Å². The molecule has 1 aliphatic carbocycles. The molecule has 10 nitrogen and oxygen atoms in total. The number of carbonyl (C=O) groups excluding carboxylic acids is 1. The topological polar surface area (TPSA) is 107 Å². The average molecular weight is 564 g/mol. The molecule has 1 aliphatic heterocycles. The number of aryl methyl sites for hydroxylation is 1. The number of anilines is 4. The number of hydrogen-bond donors (Lipinski definition) is 2. The van der Waals surface area contributed by atoms with Crippen LogP contribution in [0.15, 0.2) is 48.7 Å². The summed E-state index contributed by atoms with van der Waals surface area (Å²) < 4.78 is 26.0. The summed E-state index contributed by atoms with van der Waals surface area (Å²) in [4.78, 5) is 35.2. The van der Waals surface area contributed by atoms with Gasteiger partial charge in [0.05, 0.1) is 37.8 Å². The Hall–Kier alpha value is -4.54. The van der Waals surface area contributed by atoms with Gasteiger partial charge in [-0.3, -0.25) is 9.80 Å². The number of nitrogens with zero attached hydrogens (tertiary/aromatic N) is 4. The fourth-order valence-electron chi connectivity index (χ4n) is 5.79. The molecule has 41 heavy (non-hydrogen) atoms. The highest BCUT2D eigenvalue weighted by atomic mass is 19.1. The first-order chi connectivity index (χ1) is 19.7. The molecule has 0 unspecified atom stereocenters. The molecule has 0 bridgehead atoms. The maximum Gasteiger partial charge on any atom is 0.404 e. The molecular formula is C30H34FN5O5. The lowest BCUT2D eigenvalue weighted by Gasteiger charge is -2.44. The second kappa shape index (κ2) is 11.5. The van der Waals surface area contributed by atoms with Gasteiger partial charge in [0.25, 0.3) is 0 Å². The van der Waals surface area contributed by atoms with Gasteiger partial charge in [-0.1, -0.05) is 12.1 Å². The molecule has 3 aromatic rings. The number of pyridine rings is 1. The smallest absolute Gasteiger partial charge is 0.404 e. The minimum atomic E-state index is -1.05. The van der Waals surface area contributed by atoms with Gasteiger partial charge in [-0.2, -0.15) is 0 Å². The average Bonchev–Trinajstić information content (AvgIpc) is 2.96. The summed E-state index contributed by atoms with van der Waals surface area (Å²) in [5.74, 6) is 1.39. The van der Waals surface area contributed by atoms with Crippen LogP contribution in [0.2, 0.25) is 0 Å². The number of amides is 3. The van der Waals surface area contributed by atoms with Crippen LogP contribution in [-0.2, 0) is 6.54 Å². The summed E-state index contributed by atoms with van der Waals surface area (Å²) in [6, 6.07) is 11.5. The van der Waals surface area contributed by atoms with Gasteiger partial charge in [-0.05, 0) is 56.4 Å². The van der Waals surface area contributed by atoms with E-state index in [2.05, 4.69) is 5.32 Å². The second-order valence-electron chi connectivity index (χ2n) is 10.4. The van der Waals surface area contributed by atoms with Gasteiger partial charge in [0, 0.05) is 43.0 Å². The number of carboxylic acid groups (broad SMARTS) is 1. The van der Waals surface area contributed by atoms with E-state index < -0.39 is 11.9 Å². The normalized spacial score (nSPS) is 18.5. The van der Waals surface area contributed by atoms with Crippen molar-refractivity contribution in [3.8, 4) is 11.5 Å². The predicted molar refractivity (Wildman–Crippen MR) is 154 cm³/mol. The predicted octanol–water partition coefficient (Wildman–Crippen LogP) is 5.84. The minimum absolute atomic E-state index is 0.172. The zero-order chi connectivity index (χ0) is 29.3. The molecule has 0 saturated heterocycles. The molecule has 2 aromatic carbocycles. The van der Waals surface area contributed by atoms with Crippen LogP contribution in [-0.4, -0.2) is 55.6 Å². The van der Waals surface area contributed by atoms with Crippen molar-refractivity contribution in [2.75, 3.05) is 36.0 Å². The van der Waals surface area contributed by atoms with Gasteiger partial charge < -0.3 is 24.8 Å². The fourth-order valence-corrected chi connectivity index (χ4v) is 5.79. The number of methoxy groups -OCH3 is 2. The molecule has 216 valence electrons. The van der Waals surface area contributed by atoms with E-state index in [1.165, 1.54) is 11.0 Å². The standard InChI is InChI=1S/C30H34FN5O5/c1-18-6-5-7-23(31)28(18)35-17-19-16-32-27(34(2)24-13-12-22(40-3)14-26(24)41-4)15-25(19)36(30(35)39)21-10-8-20(9-11-21)33-29(37)38/h5-7,12-16,20-21,33H,8-11,17H2,1-4H3,(H,37,38). The van der Waals surface area contributed by atoms with Gasteiger partial charge in [0.15, 0.2) is 0 Å². The number of fused-ring (bicyclic) bond motifs is 1. The van der Waals surface area contributed by atoms with Crippen molar-refractivity contribution in [3.05, 3.63) is 65.6 Å². The zero-order valence-electron chi connectivity index (χ0n) is 23.6. The first-order valence-corrected chi connectivity index (χ1v) is 13.5. The Morgan fingerprint density at radius 1 is 1.12 bits per heavy atom. The third kappa shape index (κ3) is 5.44. The van der Waals surface area contributed by atoms with Gasteiger partial charge in [0.2, 0.25) is 0 Å². The van der Waals surface area contributed by atoms with Crippen molar-refractivity contribution in [2.24, 2.45) is 0 Å². The first kappa shape index (κ1) is 28.0. The number of halogens is 1. The van der Waals surface area contributed by atoms with E-state index in [1.54, 1.807) is 50.4 Å². The van der Waals surface area contributed by atoms with E-state index in [9.17, 15) is 9.59 Å². The van der Waals surface area contributed by atoms with Crippen LogP contribution < -0.4 is 29.5 Å². The third-order valence-electron chi connectivity index (χ3n) is 7.91. The first-order valence-electron chi connectivity index (χ1n) is 13.5. The maximum absolute atomic E-state index is 15.1. The zero-order valence-corrected chi connectivity index (χ0v) is 23.6. The maximum atomic E-state index is 15.1. The molecule has 0 atom stereocenters. The molecule has 0 spiro atoms. The molecule has 11 heteroatoms. The Kier molecular flexibility index (Phi) is 7.87. The number of para-hydroxylation sites is 1. The lowest BCUT2D eigenvalue weighted by atomic mass is 9.89. The summed E-state index contributed by atoms with van der Waals surface area (Å²) in [7, 11) is 5.04. The van der Waals surface area contributed by atoms with Crippen LogP contribution in [0.25, 0.3) is 0 Å². The fraction of sp³-hybridized carbons (Fsp3) is 0.367. The molecule has 0 radical (unpaired) electrons. The highest BCUT2D eigenvalue weighted by Gasteiger charge is 2.39. The molecule has 1 saturated carbocycles. The Morgan fingerprint density at radius 2 is 1.88 bits per heavy atom. The number of aromatic nitrogens is 1.